The lowest BCUT2D eigenvalue weighted by atomic mass is 9.96. The van der Waals surface area contributed by atoms with E-state index in [4.69, 9.17) is 5.73 Å². The highest BCUT2D eigenvalue weighted by Gasteiger charge is 2.03. The molecular weight excluding hydrogens is 136 g/mol. The van der Waals surface area contributed by atoms with Crippen molar-refractivity contribution in [2.45, 2.75) is 32.2 Å². The molecule has 64 valence electrons. The van der Waals surface area contributed by atoms with E-state index in [0.717, 1.165) is 13.1 Å². The molecule has 1 aliphatic rings. The Balaban J connectivity index is 1.88. The van der Waals surface area contributed by atoms with Gasteiger partial charge in [0.15, 0.2) is 0 Å². The van der Waals surface area contributed by atoms with Gasteiger partial charge in [0, 0.05) is 12.6 Å². The van der Waals surface area contributed by atoms with Gasteiger partial charge in [-0.3, -0.25) is 0 Å². The first-order chi connectivity index (χ1) is 5.29. The van der Waals surface area contributed by atoms with Crippen LogP contribution in [0.25, 0.3) is 0 Å². The molecule has 0 aromatic heterocycles. The maximum atomic E-state index is 5.58. The first kappa shape index (κ1) is 8.75. The summed E-state index contributed by atoms with van der Waals surface area (Å²) in [6.45, 7) is 4.05. The second-order valence-corrected chi connectivity index (χ2v) is 3.33. The van der Waals surface area contributed by atoms with E-state index in [0.29, 0.717) is 0 Å². The summed E-state index contributed by atoms with van der Waals surface area (Å²) in [5.41, 5.74) is 7.19. The molecule has 1 aliphatic carbocycles. The van der Waals surface area contributed by atoms with Crippen LogP contribution < -0.4 is 11.1 Å². The Bertz CT molecular complexity index is 138. The van der Waals surface area contributed by atoms with Crippen LogP contribution in [-0.4, -0.2) is 19.1 Å². The first-order valence-electron chi connectivity index (χ1n) is 4.43. The molecule has 0 fully saturated rings. The number of hydrogen-bond donors (Lipinski definition) is 2. The van der Waals surface area contributed by atoms with Gasteiger partial charge in [0.1, 0.15) is 0 Å². The van der Waals surface area contributed by atoms with Gasteiger partial charge in [-0.15, -0.1) is 0 Å². The van der Waals surface area contributed by atoms with Gasteiger partial charge in [0.2, 0.25) is 0 Å². The van der Waals surface area contributed by atoms with E-state index in [1.165, 1.54) is 19.3 Å². The number of nitrogens with one attached hydrogen (secondary N) is 1. The fourth-order valence-corrected chi connectivity index (χ4v) is 1.15. The average Bonchev–Trinajstić information content (AvgIpc) is 1.82. The Hall–Kier alpha value is -0.340. The molecule has 2 nitrogen and oxygen atoms in total. The molecule has 0 aromatic carbocycles. The molecule has 3 N–H and O–H groups in total. The van der Waals surface area contributed by atoms with Crippen molar-refractivity contribution in [3.63, 3.8) is 0 Å². The summed E-state index contributed by atoms with van der Waals surface area (Å²) < 4.78 is 0. The lowest BCUT2D eigenvalue weighted by Crippen LogP contribution is -2.31. The number of hydrogen-bond acceptors (Lipinski definition) is 2. The molecule has 0 radical (unpaired) electrons. The van der Waals surface area contributed by atoms with Crippen LogP contribution >= 0.6 is 0 Å². The molecule has 0 saturated carbocycles. The summed E-state index contributed by atoms with van der Waals surface area (Å²) in [5, 5.41) is 3.32. The molecule has 0 aliphatic heterocycles. The molecule has 1 atom stereocenters. The number of nitrogens with two attached hydrogens (primary N) is 1. The number of allylic oxidation sites excluding steroid dienone is 1. The van der Waals surface area contributed by atoms with Crippen LogP contribution in [-0.2, 0) is 0 Å². The van der Waals surface area contributed by atoms with Crippen LogP contribution in [0.1, 0.15) is 26.2 Å². The third-order valence-corrected chi connectivity index (χ3v) is 1.99. The summed E-state index contributed by atoms with van der Waals surface area (Å²) >= 11 is 0. The predicted octanol–water partition coefficient (Wildman–Crippen LogP) is 1.03. The fraction of sp³-hybridized carbons (Fsp3) is 0.778. The summed E-state index contributed by atoms with van der Waals surface area (Å²) in [6.07, 6.45) is 6.16. The van der Waals surface area contributed by atoms with Gasteiger partial charge in [-0.25, -0.2) is 0 Å². The van der Waals surface area contributed by atoms with E-state index in [1.54, 1.807) is 5.57 Å². The Morgan fingerprint density at radius 3 is 2.91 bits per heavy atom. The average molecular weight is 154 g/mol. The highest BCUT2D eigenvalue weighted by Crippen LogP contribution is 2.20. The van der Waals surface area contributed by atoms with Crippen molar-refractivity contribution < 1.29 is 0 Å². The van der Waals surface area contributed by atoms with Crippen molar-refractivity contribution in [1.29, 1.82) is 0 Å². The van der Waals surface area contributed by atoms with Crippen molar-refractivity contribution in [2.75, 3.05) is 13.1 Å². The predicted molar refractivity (Wildman–Crippen MR) is 48.5 cm³/mol. The maximum absolute atomic E-state index is 5.58. The largest absolute Gasteiger partial charge is 0.327 e. The van der Waals surface area contributed by atoms with Crippen LogP contribution in [0.4, 0.5) is 0 Å². The molecular formula is C9H18N2. The Morgan fingerprint density at radius 1 is 1.73 bits per heavy atom. The molecule has 0 spiro atoms. The van der Waals surface area contributed by atoms with Gasteiger partial charge in [0.05, 0.1) is 0 Å². The third-order valence-electron chi connectivity index (χ3n) is 1.99. The minimum atomic E-state index is 0.283. The zero-order valence-electron chi connectivity index (χ0n) is 7.27. The van der Waals surface area contributed by atoms with Crippen LogP contribution in [0.5, 0.6) is 0 Å². The quantitative estimate of drug-likeness (QED) is 0.458. The van der Waals surface area contributed by atoms with Crippen LogP contribution in [0.2, 0.25) is 0 Å². The third kappa shape index (κ3) is 3.54. The van der Waals surface area contributed by atoms with Crippen LogP contribution in [0.15, 0.2) is 11.6 Å². The lowest BCUT2D eigenvalue weighted by molar-refractivity contribution is 0.597. The smallest absolute Gasteiger partial charge is 0.0136 e. The normalized spacial score (nSPS) is 18.9. The molecule has 11 heavy (non-hydrogen) atoms. The van der Waals surface area contributed by atoms with Gasteiger partial charge in [-0.05, 0) is 32.7 Å². The zero-order chi connectivity index (χ0) is 8.10. The van der Waals surface area contributed by atoms with Crippen molar-refractivity contribution in [3.8, 4) is 0 Å². The van der Waals surface area contributed by atoms with Crippen molar-refractivity contribution in [3.05, 3.63) is 11.6 Å². The van der Waals surface area contributed by atoms with Gasteiger partial charge in [0.25, 0.3) is 0 Å². The Labute approximate surface area is 68.9 Å². The number of rotatable bonds is 5. The van der Waals surface area contributed by atoms with Gasteiger partial charge in [-0.1, -0.05) is 11.6 Å². The minimum absolute atomic E-state index is 0.283. The molecule has 0 aromatic rings. The SMILES string of the molecule is CC(N)CNCCC1=CCC1. The summed E-state index contributed by atoms with van der Waals surface area (Å²) in [4.78, 5) is 0. The first-order valence-corrected chi connectivity index (χ1v) is 4.43. The molecule has 0 bridgehead atoms. The van der Waals surface area contributed by atoms with Gasteiger partial charge >= 0.3 is 0 Å². The van der Waals surface area contributed by atoms with Crippen molar-refractivity contribution in [2.24, 2.45) is 5.73 Å². The highest BCUT2D eigenvalue weighted by molar-refractivity contribution is 5.11. The standard InChI is InChI=1S/C9H18N2/c1-8(10)7-11-6-5-9-3-2-4-9/h3,8,11H,2,4-7,10H2,1H3. The van der Waals surface area contributed by atoms with Crippen molar-refractivity contribution >= 4 is 0 Å². The molecule has 0 saturated heterocycles. The second kappa shape index (κ2) is 4.52. The van der Waals surface area contributed by atoms with E-state index >= 15 is 0 Å². The summed E-state index contributed by atoms with van der Waals surface area (Å²) in [7, 11) is 0. The molecule has 1 rings (SSSR count). The summed E-state index contributed by atoms with van der Waals surface area (Å²) in [5.74, 6) is 0. The maximum Gasteiger partial charge on any atom is 0.0136 e. The highest BCUT2D eigenvalue weighted by atomic mass is 14.9. The Kier molecular flexibility index (Phi) is 3.60. The van der Waals surface area contributed by atoms with E-state index in [-0.39, 0.29) is 6.04 Å². The van der Waals surface area contributed by atoms with Crippen LogP contribution in [0, 0.1) is 0 Å². The zero-order valence-corrected chi connectivity index (χ0v) is 7.27. The van der Waals surface area contributed by atoms with Gasteiger partial charge in [-0.2, -0.15) is 0 Å². The fourth-order valence-electron chi connectivity index (χ4n) is 1.15. The molecule has 0 heterocycles. The Morgan fingerprint density at radius 2 is 2.45 bits per heavy atom. The van der Waals surface area contributed by atoms with E-state index in [1.807, 2.05) is 6.92 Å². The molecule has 0 amide bonds. The minimum Gasteiger partial charge on any atom is -0.327 e. The lowest BCUT2D eigenvalue weighted by Gasteiger charge is -2.14. The van der Waals surface area contributed by atoms with Crippen LogP contribution in [0.3, 0.4) is 0 Å². The second-order valence-electron chi connectivity index (χ2n) is 3.33. The van der Waals surface area contributed by atoms with E-state index in [2.05, 4.69) is 11.4 Å². The monoisotopic (exact) mass is 154 g/mol. The van der Waals surface area contributed by atoms with E-state index < -0.39 is 0 Å². The molecule has 1 unspecified atom stereocenters. The topological polar surface area (TPSA) is 38.0 Å². The van der Waals surface area contributed by atoms with Crippen molar-refractivity contribution in [1.82, 2.24) is 5.32 Å². The van der Waals surface area contributed by atoms with E-state index in [9.17, 15) is 0 Å². The van der Waals surface area contributed by atoms with Gasteiger partial charge < -0.3 is 11.1 Å². The summed E-state index contributed by atoms with van der Waals surface area (Å²) in [6, 6.07) is 0.283. The molecule has 2 heteroatoms.